The summed E-state index contributed by atoms with van der Waals surface area (Å²) in [5, 5.41) is 0.954. The summed E-state index contributed by atoms with van der Waals surface area (Å²) >= 11 is 0. The maximum atomic E-state index is 13.2. The third-order valence-electron chi connectivity index (χ3n) is 9.47. The summed E-state index contributed by atoms with van der Waals surface area (Å²) in [5.41, 5.74) is -0.774. The van der Waals surface area contributed by atoms with E-state index < -0.39 is 58.1 Å². The van der Waals surface area contributed by atoms with Crippen LogP contribution >= 0.6 is 0 Å². The van der Waals surface area contributed by atoms with E-state index in [0.29, 0.717) is 23.0 Å². The average molecular weight is 734 g/mol. The summed E-state index contributed by atoms with van der Waals surface area (Å²) < 4.78 is 43.8. The van der Waals surface area contributed by atoms with Crippen molar-refractivity contribution in [2.24, 2.45) is 0 Å². The van der Waals surface area contributed by atoms with Crippen molar-refractivity contribution in [2.75, 3.05) is 46.4 Å². The van der Waals surface area contributed by atoms with E-state index in [2.05, 4.69) is 32.0 Å². The minimum atomic E-state index is -5.18. The molecule has 3 atom stereocenters. The van der Waals surface area contributed by atoms with E-state index in [1.165, 1.54) is 86.9 Å². The van der Waals surface area contributed by atoms with Crippen LogP contribution in [0.1, 0.15) is 126 Å². The van der Waals surface area contributed by atoms with Gasteiger partial charge in [0.15, 0.2) is 0 Å². The Balaban J connectivity index is 0.000000432. The van der Waals surface area contributed by atoms with E-state index in [0.717, 1.165) is 12.0 Å². The minimum Gasteiger partial charge on any atom is -0.724 e. The fourth-order valence-corrected chi connectivity index (χ4v) is 7.23. The number of quaternary nitrogens is 1. The summed E-state index contributed by atoms with van der Waals surface area (Å²) in [4.78, 5) is 58.7. The molecule has 3 aliphatic heterocycles. The van der Waals surface area contributed by atoms with Gasteiger partial charge in [-0.05, 0) is 72.1 Å². The number of fused-ring (bicyclic) bond motifs is 2. The summed E-state index contributed by atoms with van der Waals surface area (Å²) in [5.74, 6) is -1.63. The molecule has 3 rings (SSSR count). The average Bonchev–Trinajstić information content (AvgIpc) is 3.63. The van der Waals surface area contributed by atoms with E-state index in [9.17, 15) is 32.1 Å². The Labute approximate surface area is 300 Å². The molecule has 2 bridgehead atoms. The number of ether oxygens (including phenoxy) is 1. The first kappa shape index (κ1) is 43.6. The fraction of sp³-hybridized carbons (Fsp3) is 0.882. The molecule has 0 aromatic heterocycles. The second kappa shape index (κ2) is 19.9. The fourth-order valence-electron chi connectivity index (χ4n) is 6.85. The molecule has 0 aromatic carbocycles. The molecule has 0 aliphatic carbocycles. The van der Waals surface area contributed by atoms with Gasteiger partial charge in [0.2, 0.25) is 10.4 Å². The highest BCUT2D eigenvalue weighted by Gasteiger charge is 2.51. The van der Waals surface area contributed by atoms with E-state index in [-0.39, 0.29) is 25.9 Å². The number of unbranched alkanes of at least 4 members (excludes halogenated alkanes) is 4. The minimum absolute atomic E-state index is 0.0655. The summed E-state index contributed by atoms with van der Waals surface area (Å²) in [6.45, 7) is 20.3. The Bertz CT molecular complexity index is 1190. The third kappa shape index (κ3) is 12.6. The monoisotopic (exact) mass is 733 g/mol. The van der Waals surface area contributed by atoms with Crippen LogP contribution in [0, 0.1) is 0 Å². The number of amides is 5. The van der Waals surface area contributed by atoms with Crippen molar-refractivity contribution in [1.29, 1.82) is 0 Å². The summed E-state index contributed by atoms with van der Waals surface area (Å²) in [6, 6.07) is -3.83. The van der Waals surface area contributed by atoms with Crippen LogP contribution in [-0.2, 0) is 33.8 Å². The van der Waals surface area contributed by atoms with Gasteiger partial charge in [-0.25, -0.2) is 18.0 Å². The topological polar surface area (TPSA) is 166 Å². The van der Waals surface area contributed by atoms with Crippen LogP contribution in [0.25, 0.3) is 0 Å². The van der Waals surface area contributed by atoms with Gasteiger partial charge in [0.05, 0.1) is 39.3 Å². The molecular weight excluding hydrogens is 670 g/mol. The van der Waals surface area contributed by atoms with E-state index in [1.807, 2.05) is 0 Å². The van der Waals surface area contributed by atoms with Gasteiger partial charge in [0, 0.05) is 13.1 Å². The standard InChI is InChI=1S/C18H28N4O10S.C16H36N/c1-18(2,3)31-17(26)19-9-5-6-12(19)14(23)22(30-4)15(24)13-8-7-11-10-20(13)16(25)21(11)32-33(27,28)29;1-5-9-13-17(14-10-6-2,15-11-7-3)16-12-8-4/h11-13H,5-10H2,1-4H3,(H,27,28,29);5-16H2,1-4H3/q;+1/p-1/t11-,12+,13+;/m1./s1. The predicted octanol–water partition coefficient (Wildman–Crippen LogP) is 4.97. The van der Waals surface area contributed by atoms with Crippen LogP contribution in [0.2, 0.25) is 0 Å². The van der Waals surface area contributed by atoms with Crippen LogP contribution in [0.15, 0.2) is 0 Å². The van der Waals surface area contributed by atoms with Crippen molar-refractivity contribution < 1.29 is 50.5 Å². The molecule has 290 valence electrons. The Morgan fingerprint density at radius 2 is 1.36 bits per heavy atom. The number of carbonyl (C=O) groups excluding carboxylic acids is 4. The number of urea groups is 1. The molecule has 3 fully saturated rings. The highest BCUT2D eigenvalue weighted by Crippen LogP contribution is 2.32. The first-order valence-electron chi connectivity index (χ1n) is 18.5. The van der Waals surface area contributed by atoms with Crippen LogP contribution in [0.3, 0.4) is 0 Å². The lowest BCUT2D eigenvalue weighted by Gasteiger charge is -2.39. The molecule has 5 amide bonds. The smallest absolute Gasteiger partial charge is 0.410 e. The zero-order valence-corrected chi connectivity index (χ0v) is 32.5. The number of piperidine rings is 1. The molecule has 50 heavy (non-hydrogen) atoms. The number of imide groups is 1. The Hall–Kier alpha value is -2.53. The van der Waals surface area contributed by atoms with Gasteiger partial charge in [-0.3, -0.25) is 19.3 Å². The summed E-state index contributed by atoms with van der Waals surface area (Å²) in [6.07, 6.45) is 11.4. The number of nitrogens with zero attached hydrogens (tertiary/aromatic N) is 5. The molecule has 3 saturated heterocycles. The summed E-state index contributed by atoms with van der Waals surface area (Å²) in [7, 11) is -4.07. The van der Waals surface area contributed by atoms with Crippen molar-refractivity contribution in [3.05, 3.63) is 0 Å². The Morgan fingerprint density at radius 1 is 0.860 bits per heavy atom. The van der Waals surface area contributed by atoms with E-state index in [1.54, 1.807) is 20.8 Å². The predicted molar refractivity (Wildman–Crippen MR) is 186 cm³/mol. The number of hydrogen-bond acceptors (Lipinski definition) is 10. The Morgan fingerprint density at radius 3 is 1.80 bits per heavy atom. The largest absolute Gasteiger partial charge is 0.724 e. The number of hydroxylamine groups is 4. The van der Waals surface area contributed by atoms with Crippen molar-refractivity contribution in [3.63, 3.8) is 0 Å². The van der Waals surface area contributed by atoms with E-state index >= 15 is 0 Å². The van der Waals surface area contributed by atoms with Gasteiger partial charge in [0.1, 0.15) is 17.7 Å². The van der Waals surface area contributed by atoms with Crippen molar-refractivity contribution in [1.82, 2.24) is 19.9 Å². The second-order valence-electron chi connectivity index (χ2n) is 14.6. The molecule has 0 spiro atoms. The van der Waals surface area contributed by atoms with E-state index in [4.69, 9.17) is 9.57 Å². The normalized spacial score (nSPS) is 20.9. The molecule has 16 heteroatoms. The van der Waals surface area contributed by atoms with Gasteiger partial charge < -0.3 is 18.7 Å². The molecule has 0 aromatic rings. The second-order valence-corrected chi connectivity index (χ2v) is 15.6. The van der Waals surface area contributed by atoms with Crippen LogP contribution < -0.4 is 0 Å². The van der Waals surface area contributed by atoms with Crippen LogP contribution in [0.4, 0.5) is 9.59 Å². The van der Waals surface area contributed by atoms with Crippen LogP contribution in [-0.4, -0.2) is 131 Å². The van der Waals surface area contributed by atoms with Gasteiger partial charge >= 0.3 is 12.1 Å². The van der Waals surface area contributed by atoms with Crippen molar-refractivity contribution in [3.8, 4) is 0 Å². The number of carbonyl (C=O) groups is 4. The molecular formula is C34H63N5O10S. The zero-order chi connectivity index (χ0) is 37.7. The highest BCUT2D eigenvalue weighted by molar-refractivity contribution is 7.80. The lowest BCUT2D eigenvalue weighted by atomic mass is 10.00. The molecule has 3 aliphatic rings. The first-order chi connectivity index (χ1) is 23.5. The molecule has 15 nitrogen and oxygen atoms in total. The number of hydrogen-bond donors (Lipinski definition) is 0. The molecule has 0 radical (unpaired) electrons. The number of rotatable bonds is 17. The quantitative estimate of drug-likeness (QED) is 0.0655. The van der Waals surface area contributed by atoms with Gasteiger partial charge in [-0.1, -0.05) is 53.4 Å². The third-order valence-corrected chi connectivity index (χ3v) is 9.82. The SMILES string of the molecule is CCCC[N+](CCCC)(CCCC)CCCC.CON(C(=O)[C@@H]1CCCN1C(=O)OC(C)(C)C)C(=O)[C@@H]1CC[C@@H]2CN1C(=O)N2OS(=O)(=O)[O-]. The molecule has 0 unspecified atom stereocenters. The number of likely N-dealkylation sites (tertiary alicyclic amines) is 1. The van der Waals surface area contributed by atoms with Crippen molar-refractivity contribution in [2.45, 2.75) is 149 Å². The lowest BCUT2D eigenvalue weighted by Crippen LogP contribution is -2.56. The molecule has 0 N–H and O–H groups in total. The maximum Gasteiger partial charge on any atom is 0.410 e. The van der Waals surface area contributed by atoms with Gasteiger partial charge in [-0.2, -0.15) is 14.4 Å². The van der Waals surface area contributed by atoms with Crippen LogP contribution in [0.5, 0.6) is 0 Å². The molecule has 3 heterocycles. The first-order valence-corrected chi connectivity index (χ1v) is 19.8. The highest BCUT2D eigenvalue weighted by atomic mass is 32.3. The van der Waals surface area contributed by atoms with Gasteiger partial charge in [-0.15, -0.1) is 0 Å². The van der Waals surface area contributed by atoms with Crippen molar-refractivity contribution >= 4 is 34.3 Å². The zero-order valence-electron chi connectivity index (χ0n) is 31.7. The maximum absolute atomic E-state index is 13.2. The van der Waals surface area contributed by atoms with Gasteiger partial charge in [0.25, 0.3) is 11.8 Å². The lowest BCUT2D eigenvalue weighted by molar-refractivity contribution is -0.929. The molecule has 0 saturated carbocycles. The Kier molecular flexibility index (Phi) is 17.4.